The Morgan fingerprint density at radius 2 is 1.75 bits per heavy atom. The molecule has 2 aromatic carbocycles. The molecule has 28 heavy (non-hydrogen) atoms. The van der Waals surface area contributed by atoms with Crippen molar-refractivity contribution in [3.8, 4) is 28.5 Å². The molecule has 2 N–H and O–H groups in total. The molecule has 146 valence electrons. The summed E-state index contributed by atoms with van der Waals surface area (Å²) in [5, 5.41) is 11.2. The van der Waals surface area contributed by atoms with Gasteiger partial charge in [-0.2, -0.15) is 5.10 Å². The lowest BCUT2D eigenvalue weighted by Crippen LogP contribution is -2.07. The predicted molar refractivity (Wildman–Crippen MR) is 110 cm³/mol. The largest absolute Gasteiger partial charge is 0.497 e. The number of methoxy groups -OCH3 is 3. The van der Waals surface area contributed by atoms with Crippen LogP contribution in [-0.4, -0.2) is 31.5 Å². The Balaban J connectivity index is 1.81. The highest BCUT2D eigenvalue weighted by Gasteiger charge is 2.37. The van der Waals surface area contributed by atoms with Gasteiger partial charge in [0.05, 0.1) is 27.0 Å². The summed E-state index contributed by atoms with van der Waals surface area (Å²) >= 11 is 0. The van der Waals surface area contributed by atoms with Gasteiger partial charge in [-0.15, -0.1) is 0 Å². The number of H-pyrrole nitrogens is 1. The van der Waals surface area contributed by atoms with Gasteiger partial charge < -0.3 is 19.5 Å². The van der Waals surface area contributed by atoms with Crippen LogP contribution in [0, 0.1) is 5.92 Å². The highest BCUT2D eigenvalue weighted by molar-refractivity contribution is 5.83. The van der Waals surface area contributed by atoms with E-state index in [9.17, 15) is 0 Å². The van der Waals surface area contributed by atoms with Crippen molar-refractivity contribution in [2.75, 3.05) is 26.6 Å². The maximum absolute atomic E-state index is 5.54. The summed E-state index contributed by atoms with van der Waals surface area (Å²) in [6, 6.07) is 12.0. The molecular weight excluding hydrogens is 354 g/mol. The number of hydrogen-bond acceptors (Lipinski definition) is 5. The van der Waals surface area contributed by atoms with Crippen molar-refractivity contribution in [3.63, 3.8) is 0 Å². The van der Waals surface area contributed by atoms with Gasteiger partial charge in [0.1, 0.15) is 5.75 Å². The van der Waals surface area contributed by atoms with Crippen molar-refractivity contribution in [2.24, 2.45) is 5.92 Å². The minimum absolute atomic E-state index is 0.205. The zero-order valence-electron chi connectivity index (χ0n) is 16.8. The molecule has 0 saturated heterocycles. The molecule has 6 heteroatoms. The summed E-state index contributed by atoms with van der Waals surface area (Å²) in [6.45, 7) is 4.45. The fourth-order valence-corrected chi connectivity index (χ4v) is 4.01. The first-order valence-corrected chi connectivity index (χ1v) is 9.33. The number of nitrogens with one attached hydrogen (secondary N) is 2. The van der Waals surface area contributed by atoms with E-state index in [-0.39, 0.29) is 5.92 Å². The van der Waals surface area contributed by atoms with E-state index >= 15 is 0 Å². The first kappa shape index (κ1) is 18.2. The van der Waals surface area contributed by atoms with Gasteiger partial charge in [0.2, 0.25) is 0 Å². The van der Waals surface area contributed by atoms with Gasteiger partial charge in [0, 0.05) is 28.8 Å². The third-order valence-electron chi connectivity index (χ3n) is 5.27. The number of aromatic nitrogens is 2. The first-order chi connectivity index (χ1) is 13.6. The number of anilines is 2. The van der Waals surface area contributed by atoms with E-state index < -0.39 is 0 Å². The van der Waals surface area contributed by atoms with E-state index in [0.29, 0.717) is 11.7 Å². The molecule has 1 atom stereocenters. The van der Waals surface area contributed by atoms with Crippen LogP contribution < -0.4 is 19.5 Å². The third kappa shape index (κ3) is 2.85. The van der Waals surface area contributed by atoms with E-state index in [1.165, 1.54) is 11.1 Å². The van der Waals surface area contributed by atoms with Gasteiger partial charge in [0.15, 0.2) is 17.3 Å². The second kappa shape index (κ2) is 7.11. The molecule has 0 amide bonds. The van der Waals surface area contributed by atoms with Crippen LogP contribution in [0.1, 0.15) is 30.9 Å². The molecule has 1 heterocycles. The number of fused-ring (bicyclic) bond motifs is 3. The van der Waals surface area contributed by atoms with Crippen molar-refractivity contribution >= 4 is 11.5 Å². The number of hydrogen-bond donors (Lipinski definition) is 2. The molecule has 0 aliphatic heterocycles. The number of aromatic amines is 1. The van der Waals surface area contributed by atoms with Gasteiger partial charge in [-0.05, 0) is 35.7 Å². The second-order valence-corrected chi connectivity index (χ2v) is 7.23. The van der Waals surface area contributed by atoms with Crippen molar-refractivity contribution in [2.45, 2.75) is 19.8 Å². The van der Waals surface area contributed by atoms with Crippen LogP contribution in [-0.2, 0) is 0 Å². The van der Waals surface area contributed by atoms with Gasteiger partial charge in [0.25, 0.3) is 0 Å². The summed E-state index contributed by atoms with van der Waals surface area (Å²) in [5.74, 6) is 3.69. The van der Waals surface area contributed by atoms with Crippen molar-refractivity contribution in [1.29, 1.82) is 0 Å². The monoisotopic (exact) mass is 379 g/mol. The van der Waals surface area contributed by atoms with E-state index in [1.54, 1.807) is 21.3 Å². The minimum Gasteiger partial charge on any atom is -0.497 e. The van der Waals surface area contributed by atoms with Crippen molar-refractivity contribution < 1.29 is 14.2 Å². The first-order valence-electron chi connectivity index (χ1n) is 9.33. The summed E-state index contributed by atoms with van der Waals surface area (Å²) in [7, 11) is 4.99. The number of rotatable bonds is 6. The quantitative estimate of drug-likeness (QED) is 0.634. The topological polar surface area (TPSA) is 68.4 Å². The van der Waals surface area contributed by atoms with Crippen LogP contribution in [0.3, 0.4) is 0 Å². The van der Waals surface area contributed by atoms with Crippen molar-refractivity contribution in [3.05, 3.63) is 47.5 Å². The molecule has 1 aromatic heterocycles. The molecule has 1 aliphatic carbocycles. The second-order valence-electron chi connectivity index (χ2n) is 7.23. The Morgan fingerprint density at radius 1 is 1.00 bits per heavy atom. The lowest BCUT2D eigenvalue weighted by Gasteiger charge is -2.20. The van der Waals surface area contributed by atoms with E-state index in [4.69, 9.17) is 14.2 Å². The molecule has 0 bridgehead atoms. The normalized spacial score (nSPS) is 14.6. The lowest BCUT2D eigenvalue weighted by molar-refractivity contribution is 0.354. The molecule has 0 fully saturated rings. The van der Waals surface area contributed by atoms with Crippen LogP contribution in [0.15, 0.2) is 36.4 Å². The Morgan fingerprint density at radius 3 is 2.43 bits per heavy atom. The molecule has 1 aliphatic rings. The van der Waals surface area contributed by atoms with Gasteiger partial charge in [-0.1, -0.05) is 19.9 Å². The molecule has 0 spiro atoms. The van der Waals surface area contributed by atoms with Crippen LogP contribution >= 0.6 is 0 Å². The van der Waals surface area contributed by atoms with Crippen LogP contribution in [0.4, 0.5) is 11.5 Å². The van der Waals surface area contributed by atoms with Crippen LogP contribution in [0.25, 0.3) is 11.3 Å². The summed E-state index contributed by atoms with van der Waals surface area (Å²) in [5.41, 5.74) is 5.47. The van der Waals surface area contributed by atoms with Gasteiger partial charge in [-0.3, -0.25) is 5.10 Å². The molecule has 0 radical (unpaired) electrons. The minimum atomic E-state index is 0.205. The highest BCUT2D eigenvalue weighted by Crippen LogP contribution is 2.53. The molecular formula is C22H25N3O3. The van der Waals surface area contributed by atoms with Crippen LogP contribution in [0.5, 0.6) is 17.2 Å². The average molecular weight is 379 g/mol. The van der Waals surface area contributed by atoms with Crippen LogP contribution in [0.2, 0.25) is 0 Å². The maximum atomic E-state index is 5.54. The molecule has 3 aromatic rings. The predicted octanol–water partition coefficient (Wildman–Crippen LogP) is 4.95. The zero-order valence-corrected chi connectivity index (χ0v) is 16.8. The number of ether oxygens (including phenoxy) is 3. The molecule has 6 nitrogen and oxygen atoms in total. The van der Waals surface area contributed by atoms with E-state index in [0.717, 1.165) is 34.3 Å². The van der Waals surface area contributed by atoms with Gasteiger partial charge >= 0.3 is 0 Å². The lowest BCUT2D eigenvalue weighted by atomic mass is 9.87. The Kier molecular flexibility index (Phi) is 4.63. The molecule has 1 unspecified atom stereocenters. The van der Waals surface area contributed by atoms with Crippen molar-refractivity contribution in [1.82, 2.24) is 10.2 Å². The highest BCUT2D eigenvalue weighted by atomic mass is 16.5. The summed E-state index contributed by atoms with van der Waals surface area (Å²) in [6.07, 6.45) is 0. The zero-order chi connectivity index (χ0) is 19.8. The Bertz CT molecular complexity index is 1010. The van der Waals surface area contributed by atoms with Gasteiger partial charge in [-0.25, -0.2) is 0 Å². The maximum Gasteiger partial charge on any atom is 0.161 e. The number of nitrogens with zero attached hydrogens (tertiary/aromatic N) is 1. The summed E-state index contributed by atoms with van der Waals surface area (Å²) < 4.78 is 16.4. The SMILES string of the molecule is COc1cccc(Nc2n[nH]c3c2C(C(C)C)c2cc(OC)c(OC)cc2-3)c1. The van der Waals surface area contributed by atoms with E-state index in [1.807, 2.05) is 30.3 Å². The molecule has 4 rings (SSSR count). The standard InChI is InChI=1S/C22H25N3O3/c1-12(2)19-15-10-17(27-4)18(28-5)11-16(15)21-20(19)22(25-24-21)23-13-7-6-8-14(9-13)26-3/h6-12,19H,1-5H3,(H2,23,24,25). The number of benzene rings is 2. The fourth-order valence-electron chi connectivity index (χ4n) is 4.01. The average Bonchev–Trinajstić information content (AvgIpc) is 3.24. The third-order valence-corrected chi connectivity index (χ3v) is 5.27. The van der Waals surface area contributed by atoms with E-state index in [2.05, 4.69) is 35.4 Å². The smallest absolute Gasteiger partial charge is 0.161 e. The molecule has 0 saturated carbocycles. The Labute approximate surface area is 164 Å². The fraction of sp³-hybridized carbons (Fsp3) is 0.318. The summed E-state index contributed by atoms with van der Waals surface area (Å²) in [4.78, 5) is 0. The Hall–Kier alpha value is -3.15.